The first-order chi connectivity index (χ1) is 13.0. The van der Waals surface area contributed by atoms with Gasteiger partial charge in [0, 0.05) is 41.4 Å². The van der Waals surface area contributed by atoms with E-state index in [1.54, 1.807) is 14.2 Å². The Morgan fingerprint density at radius 1 is 0.815 bits per heavy atom. The van der Waals surface area contributed by atoms with Crippen LogP contribution in [-0.2, 0) is 18.9 Å². The third-order valence-electron chi connectivity index (χ3n) is 3.55. The molecule has 0 saturated carbocycles. The highest BCUT2D eigenvalue weighted by Crippen LogP contribution is 2.16. The maximum atomic E-state index is 5.60. The fourth-order valence-corrected chi connectivity index (χ4v) is 2.04. The molecule has 0 aliphatic heterocycles. The molecule has 0 aliphatic rings. The maximum Gasteiger partial charge on any atom is 0.230 e. The van der Waals surface area contributed by atoms with Crippen molar-refractivity contribution in [3.8, 4) is 0 Å². The molecule has 9 nitrogen and oxygen atoms in total. The van der Waals surface area contributed by atoms with Gasteiger partial charge in [0.15, 0.2) is 5.82 Å². The highest BCUT2D eigenvalue weighted by atomic mass is 16.5. The normalized spacial score (nSPS) is 10.9. The molecule has 1 heterocycles. The third kappa shape index (κ3) is 9.09. The predicted molar refractivity (Wildman–Crippen MR) is 106 cm³/mol. The Morgan fingerprint density at radius 3 is 1.78 bits per heavy atom. The summed E-state index contributed by atoms with van der Waals surface area (Å²) in [4.78, 5) is 17.5. The summed E-state index contributed by atoms with van der Waals surface area (Å²) < 4.78 is 21.2. The van der Waals surface area contributed by atoms with Crippen LogP contribution in [0.4, 0.5) is 11.9 Å². The number of rotatable bonds is 15. The van der Waals surface area contributed by atoms with Gasteiger partial charge in [-0.2, -0.15) is 15.0 Å². The molecule has 1 rings (SSSR count). The van der Waals surface area contributed by atoms with Crippen LogP contribution in [-0.4, -0.2) is 96.0 Å². The van der Waals surface area contributed by atoms with E-state index in [2.05, 4.69) is 21.5 Å². The van der Waals surface area contributed by atoms with Crippen LogP contribution >= 0.6 is 0 Å². The van der Waals surface area contributed by atoms with Crippen molar-refractivity contribution in [3.63, 3.8) is 0 Å². The second kappa shape index (κ2) is 13.4. The van der Waals surface area contributed by atoms with Crippen LogP contribution in [0, 0.1) is 0 Å². The molecule has 0 spiro atoms. The molecule has 0 aromatic carbocycles. The van der Waals surface area contributed by atoms with Crippen LogP contribution in [0.3, 0.4) is 0 Å². The van der Waals surface area contributed by atoms with Crippen molar-refractivity contribution < 1.29 is 18.9 Å². The van der Waals surface area contributed by atoms with E-state index in [0.717, 1.165) is 5.57 Å². The van der Waals surface area contributed by atoms with Crippen molar-refractivity contribution in [3.05, 3.63) is 12.4 Å². The number of nitrogens with zero attached hydrogens (tertiary/aromatic N) is 5. The Balaban J connectivity index is 2.86. The molecule has 0 atom stereocenters. The highest BCUT2D eigenvalue weighted by Gasteiger charge is 2.15. The lowest BCUT2D eigenvalue weighted by Crippen LogP contribution is -2.34. The maximum absolute atomic E-state index is 5.60. The van der Waals surface area contributed by atoms with Crippen molar-refractivity contribution in [2.45, 2.75) is 6.92 Å². The lowest BCUT2D eigenvalue weighted by molar-refractivity contribution is 0.0675. The molecule has 27 heavy (non-hydrogen) atoms. The molecule has 0 saturated heterocycles. The Kier molecular flexibility index (Phi) is 11.5. The van der Waals surface area contributed by atoms with Gasteiger partial charge in [0.2, 0.25) is 11.9 Å². The second-order valence-corrected chi connectivity index (χ2v) is 6.13. The van der Waals surface area contributed by atoms with Gasteiger partial charge in [-0.1, -0.05) is 6.58 Å². The van der Waals surface area contributed by atoms with E-state index in [4.69, 9.17) is 18.9 Å². The van der Waals surface area contributed by atoms with Gasteiger partial charge in [-0.25, -0.2) is 0 Å². The standard InChI is InChI=1S/C18H33N5O4/c1-15(2)16-19-17(22(3)4)21-18(20-16)23(7-9-26-13-11-24-5)8-10-27-14-12-25-6/h1,7-14H2,2-6H3. The molecule has 1 aromatic heterocycles. The van der Waals surface area contributed by atoms with E-state index in [1.165, 1.54) is 0 Å². The van der Waals surface area contributed by atoms with Crippen molar-refractivity contribution in [2.24, 2.45) is 0 Å². The summed E-state index contributed by atoms with van der Waals surface area (Å²) >= 11 is 0. The number of methoxy groups -OCH3 is 2. The first-order valence-corrected chi connectivity index (χ1v) is 8.97. The quantitative estimate of drug-likeness (QED) is 0.414. The van der Waals surface area contributed by atoms with Gasteiger partial charge in [-0.05, 0) is 12.5 Å². The first-order valence-electron chi connectivity index (χ1n) is 8.97. The van der Waals surface area contributed by atoms with Crippen molar-refractivity contribution in [2.75, 3.05) is 90.8 Å². The van der Waals surface area contributed by atoms with Crippen molar-refractivity contribution in [1.29, 1.82) is 0 Å². The van der Waals surface area contributed by atoms with E-state index < -0.39 is 0 Å². The van der Waals surface area contributed by atoms with Gasteiger partial charge in [0.05, 0.1) is 39.6 Å². The monoisotopic (exact) mass is 383 g/mol. The Hall–Kier alpha value is -1.81. The minimum absolute atomic E-state index is 0.535. The minimum Gasteiger partial charge on any atom is -0.382 e. The van der Waals surface area contributed by atoms with Crippen LogP contribution < -0.4 is 9.80 Å². The van der Waals surface area contributed by atoms with Crippen LogP contribution in [0.15, 0.2) is 6.58 Å². The van der Waals surface area contributed by atoms with E-state index in [1.807, 2.05) is 30.8 Å². The molecule has 0 N–H and O–H groups in total. The fourth-order valence-electron chi connectivity index (χ4n) is 2.04. The van der Waals surface area contributed by atoms with E-state index in [9.17, 15) is 0 Å². The summed E-state index contributed by atoms with van der Waals surface area (Å²) in [5.74, 6) is 1.75. The molecule has 1 aromatic rings. The number of aromatic nitrogens is 3. The predicted octanol–water partition coefficient (Wildman–Crippen LogP) is 1.10. The molecule has 0 bridgehead atoms. The number of allylic oxidation sites excluding steroid dienone is 1. The summed E-state index contributed by atoms with van der Waals surface area (Å²) in [6.07, 6.45) is 0. The Morgan fingerprint density at radius 2 is 1.33 bits per heavy atom. The number of hydrogen-bond acceptors (Lipinski definition) is 9. The number of hydrogen-bond donors (Lipinski definition) is 0. The highest BCUT2D eigenvalue weighted by molar-refractivity contribution is 5.57. The van der Waals surface area contributed by atoms with Crippen molar-refractivity contribution >= 4 is 17.5 Å². The molecular weight excluding hydrogens is 350 g/mol. The van der Waals surface area contributed by atoms with Gasteiger partial charge in [-0.3, -0.25) is 0 Å². The molecule has 0 fully saturated rings. The average molecular weight is 383 g/mol. The number of anilines is 2. The molecule has 0 aliphatic carbocycles. The fraction of sp³-hybridized carbons (Fsp3) is 0.722. The van der Waals surface area contributed by atoms with E-state index in [0.29, 0.717) is 70.5 Å². The lowest BCUT2D eigenvalue weighted by atomic mass is 10.3. The van der Waals surface area contributed by atoms with Gasteiger partial charge in [0.1, 0.15) is 0 Å². The molecule has 0 amide bonds. The third-order valence-corrected chi connectivity index (χ3v) is 3.55. The molecule has 0 unspecified atom stereocenters. The zero-order chi connectivity index (χ0) is 20.1. The lowest BCUT2D eigenvalue weighted by Gasteiger charge is -2.24. The minimum atomic E-state index is 0.535. The van der Waals surface area contributed by atoms with Gasteiger partial charge >= 0.3 is 0 Å². The van der Waals surface area contributed by atoms with Crippen LogP contribution in [0.25, 0.3) is 5.57 Å². The molecule has 154 valence electrons. The summed E-state index contributed by atoms with van der Waals surface area (Å²) in [5.41, 5.74) is 0.786. The van der Waals surface area contributed by atoms with Crippen LogP contribution in [0.5, 0.6) is 0 Å². The van der Waals surface area contributed by atoms with Crippen molar-refractivity contribution in [1.82, 2.24) is 15.0 Å². The van der Waals surface area contributed by atoms with Crippen LogP contribution in [0.2, 0.25) is 0 Å². The molecular formula is C18H33N5O4. The molecule has 0 radical (unpaired) electrons. The zero-order valence-corrected chi connectivity index (χ0v) is 17.2. The van der Waals surface area contributed by atoms with Gasteiger partial charge in [-0.15, -0.1) is 0 Å². The SMILES string of the molecule is C=C(C)c1nc(N(C)C)nc(N(CCOCCOC)CCOCCOC)n1. The zero-order valence-electron chi connectivity index (χ0n) is 17.2. The smallest absolute Gasteiger partial charge is 0.230 e. The van der Waals surface area contributed by atoms with Gasteiger partial charge < -0.3 is 28.7 Å². The summed E-state index contributed by atoms with van der Waals surface area (Å²) in [7, 11) is 7.10. The molecule has 9 heteroatoms. The Bertz CT molecular complexity index is 543. The Labute approximate surface area is 162 Å². The number of ether oxygens (including phenoxy) is 4. The van der Waals surface area contributed by atoms with E-state index >= 15 is 0 Å². The topological polar surface area (TPSA) is 82.1 Å². The van der Waals surface area contributed by atoms with Crippen LogP contribution in [0.1, 0.15) is 12.7 Å². The second-order valence-electron chi connectivity index (χ2n) is 6.13. The summed E-state index contributed by atoms with van der Waals surface area (Å²) in [6, 6.07) is 0. The average Bonchev–Trinajstić information content (AvgIpc) is 2.65. The first kappa shape index (κ1) is 23.2. The summed E-state index contributed by atoms with van der Waals surface area (Å²) in [6.45, 7) is 10.4. The van der Waals surface area contributed by atoms with Gasteiger partial charge in [0.25, 0.3) is 0 Å². The largest absolute Gasteiger partial charge is 0.382 e. The summed E-state index contributed by atoms with van der Waals surface area (Å²) in [5, 5.41) is 0. The van der Waals surface area contributed by atoms with E-state index in [-0.39, 0.29) is 0 Å².